The highest BCUT2D eigenvalue weighted by atomic mass is 16.2. The maximum atomic E-state index is 13.1. The first kappa shape index (κ1) is 17.9. The Morgan fingerprint density at radius 1 is 1.17 bits per heavy atom. The highest BCUT2D eigenvalue weighted by molar-refractivity contribution is 6.06. The molecule has 3 aliphatic heterocycles. The van der Waals surface area contributed by atoms with Gasteiger partial charge in [-0.15, -0.1) is 0 Å². The van der Waals surface area contributed by atoms with Crippen molar-refractivity contribution in [3.05, 3.63) is 47.2 Å². The van der Waals surface area contributed by atoms with Crippen LogP contribution in [0.4, 0.5) is 5.82 Å². The molecule has 150 valence electrons. The van der Waals surface area contributed by atoms with Crippen LogP contribution in [0.3, 0.4) is 0 Å². The highest BCUT2D eigenvalue weighted by Crippen LogP contribution is 2.30. The minimum atomic E-state index is -0.596. The molecule has 2 aromatic rings. The number of piperidine rings is 1. The minimum absolute atomic E-state index is 0.149. The van der Waals surface area contributed by atoms with E-state index in [4.69, 9.17) is 0 Å². The van der Waals surface area contributed by atoms with Gasteiger partial charge in [0.2, 0.25) is 11.8 Å². The zero-order chi connectivity index (χ0) is 20.0. The van der Waals surface area contributed by atoms with Crippen molar-refractivity contribution in [3.63, 3.8) is 0 Å². The molecule has 5 rings (SSSR count). The summed E-state index contributed by atoms with van der Waals surface area (Å²) >= 11 is 0. The number of hydrogen-bond acceptors (Lipinski definition) is 6. The smallest absolute Gasteiger partial charge is 0.255 e. The molecular weight excluding hydrogens is 372 g/mol. The molecule has 0 radical (unpaired) electrons. The molecule has 1 unspecified atom stereocenters. The van der Waals surface area contributed by atoms with Crippen LogP contribution in [0.2, 0.25) is 0 Å². The van der Waals surface area contributed by atoms with Gasteiger partial charge in [-0.05, 0) is 17.5 Å². The SMILES string of the molecule is O=C1CCC(N2Cc3cccc(CNc4ccnn4C4CNC4)c3C2=O)C(=O)N1. The summed E-state index contributed by atoms with van der Waals surface area (Å²) in [6.07, 6.45) is 2.39. The van der Waals surface area contributed by atoms with Crippen molar-refractivity contribution in [2.75, 3.05) is 18.4 Å². The largest absolute Gasteiger partial charge is 0.366 e. The van der Waals surface area contributed by atoms with Crippen LogP contribution in [0.25, 0.3) is 0 Å². The Morgan fingerprint density at radius 2 is 2.03 bits per heavy atom. The van der Waals surface area contributed by atoms with Gasteiger partial charge in [0.1, 0.15) is 11.9 Å². The maximum Gasteiger partial charge on any atom is 0.255 e. The van der Waals surface area contributed by atoms with Crippen molar-refractivity contribution >= 4 is 23.5 Å². The Labute approximate surface area is 167 Å². The second-order valence-electron chi connectivity index (χ2n) is 7.68. The summed E-state index contributed by atoms with van der Waals surface area (Å²) in [4.78, 5) is 38.4. The average Bonchev–Trinajstić information content (AvgIpc) is 3.24. The number of fused-ring (bicyclic) bond motifs is 1. The van der Waals surface area contributed by atoms with Crippen molar-refractivity contribution in [3.8, 4) is 0 Å². The Kier molecular flexibility index (Phi) is 4.31. The molecule has 1 atom stereocenters. The van der Waals surface area contributed by atoms with Gasteiger partial charge >= 0.3 is 0 Å². The van der Waals surface area contributed by atoms with Crippen molar-refractivity contribution in [1.82, 2.24) is 25.3 Å². The molecule has 0 aliphatic carbocycles. The van der Waals surface area contributed by atoms with Gasteiger partial charge in [0.25, 0.3) is 5.91 Å². The fourth-order valence-electron chi connectivity index (χ4n) is 4.21. The average molecular weight is 394 g/mol. The third-order valence-electron chi connectivity index (χ3n) is 5.87. The lowest BCUT2D eigenvalue weighted by atomic mass is 10.0. The van der Waals surface area contributed by atoms with Crippen molar-refractivity contribution in [1.29, 1.82) is 0 Å². The first-order valence-electron chi connectivity index (χ1n) is 9.85. The van der Waals surface area contributed by atoms with E-state index in [9.17, 15) is 14.4 Å². The quantitative estimate of drug-likeness (QED) is 0.634. The molecule has 4 heterocycles. The van der Waals surface area contributed by atoms with E-state index in [2.05, 4.69) is 21.0 Å². The number of carbonyl (C=O) groups is 3. The second kappa shape index (κ2) is 7.00. The molecule has 0 bridgehead atoms. The predicted molar refractivity (Wildman–Crippen MR) is 104 cm³/mol. The number of benzene rings is 1. The van der Waals surface area contributed by atoms with Crippen LogP contribution in [0, 0.1) is 0 Å². The number of rotatable bonds is 5. The molecule has 0 spiro atoms. The Bertz CT molecular complexity index is 996. The van der Waals surface area contributed by atoms with Crippen molar-refractivity contribution in [2.45, 2.75) is 38.0 Å². The molecule has 0 saturated carbocycles. The van der Waals surface area contributed by atoms with Gasteiger partial charge in [-0.25, -0.2) is 4.68 Å². The molecule has 2 saturated heterocycles. The van der Waals surface area contributed by atoms with Crippen LogP contribution >= 0.6 is 0 Å². The fourth-order valence-corrected chi connectivity index (χ4v) is 4.21. The number of carbonyl (C=O) groups excluding carboxylic acids is 3. The lowest BCUT2D eigenvalue weighted by Crippen LogP contribution is -2.52. The summed E-state index contributed by atoms with van der Waals surface area (Å²) < 4.78 is 1.97. The van der Waals surface area contributed by atoms with E-state index in [1.165, 1.54) is 0 Å². The van der Waals surface area contributed by atoms with E-state index >= 15 is 0 Å². The van der Waals surface area contributed by atoms with Gasteiger partial charge in [-0.1, -0.05) is 18.2 Å². The zero-order valence-electron chi connectivity index (χ0n) is 15.9. The first-order valence-corrected chi connectivity index (χ1v) is 9.85. The van der Waals surface area contributed by atoms with Crippen LogP contribution in [-0.4, -0.2) is 51.5 Å². The second-order valence-corrected chi connectivity index (χ2v) is 7.68. The molecule has 29 heavy (non-hydrogen) atoms. The fraction of sp³-hybridized carbons (Fsp3) is 0.400. The van der Waals surface area contributed by atoms with E-state index < -0.39 is 6.04 Å². The van der Waals surface area contributed by atoms with E-state index in [1.54, 1.807) is 11.1 Å². The Hall–Kier alpha value is -3.20. The number of aromatic nitrogens is 2. The molecule has 1 aromatic carbocycles. The van der Waals surface area contributed by atoms with Gasteiger partial charge in [-0.2, -0.15) is 5.10 Å². The normalized spacial score (nSPS) is 21.7. The lowest BCUT2D eigenvalue weighted by Gasteiger charge is -2.29. The number of imide groups is 1. The molecule has 1 aromatic heterocycles. The van der Waals surface area contributed by atoms with Crippen LogP contribution < -0.4 is 16.0 Å². The summed E-state index contributed by atoms with van der Waals surface area (Å²) in [7, 11) is 0. The number of hydrogen-bond donors (Lipinski definition) is 3. The van der Waals surface area contributed by atoms with Crippen LogP contribution in [0.15, 0.2) is 30.5 Å². The van der Waals surface area contributed by atoms with Gasteiger partial charge in [0.05, 0.1) is 12.2 Å². The molecule has 3 amide bonds. The highest BCUT2D eigenvalue weighted by Gasteiger charge is 2.39. The van der Waals surface area contributed by atoms with Gasteiger partial charge in [0.15, 0.2) is 0 Å². The Morgan fingerprint density at radius 3 is 2.79 bits per heavy atom. The third kappa shape index (κ3) is 3.07. The predicted octanol–water partition coefficient (Wildman–Crippen LogP) is 0.401. The molecule has 2 fully saturated rings. The van der Waals surface area contributed by atoms with E-state index in [0.29, 0.717) is 31.1 Å². The van der Waals surface area contributed by atoms with Crippen molar-refractivity contribution < 1.29 is 14.4 Å². The summed E-state index contributed by atoms with van der Waals surface area (Å²) in [6.45, 7) is 2.68. The zero-order valence-corrected chi connectivity index (χ0v) is 15.9. The van der Waals surface area contributed by atoms with Crippen LogP contribution in [0.1, 0.15) is 40.4 Å². The number of anilines is 1. The van der Waals surface area contributed by atoms with E-state index in [-0.39, 0.29) is 24.1 Å². The van der Waals surface area contributed by atoms with Gasteiger partial charge < -0.3 is 15.5 Å². The summed E-state index contributed by atoms with van der Waals surface area (Å²) in [5.74, 6) is 0.101. The topological polar surface area (TPSA) is 108 Å². The van der Waals surface area contributed by atoms with Crippen LogP contribution in [-0.2, 0) is 22.7 Å². The number of nitrogens with zero attached hydrogens (tertiary/aromatic N) is 3. The molecule has 3 N–H and O–H groups in total. The van der Waals surface area contributed by atoms with Gasteiger partial charge in [0, 0.05) is 44.2 Å². The van der Waals surface area contributed by atoms with E-state index in [0.717, 1.165) is 30.0 Å². The molecule has 9 nitrogen and oxygen atoms in total. The monoisotopic (exact) mass is 394 g/mol. The summed E-state index contributed by atoms with van der Waals surface area (Å²) in [6, 6.07) is 7.47. The Balaban J connectivity index is 1.34. The standard InChI is InChI=1S/C20H22N6O3/c27-17-5-4-15(19(28)24-17)25-11-13-3-1-2-12(18(13)20(25)29)8-22-16-6-7-23-26(16)14-9-21-10-14/h1-3,6-7,14-15,21-22H,4-5,8-11H2,(H,24,27,28). The van der Waals surface area contributed by atoms with E-state index in [1.807, 2.05) is 28.9 Å². The summed E-state index contributed by atoms with van der Waals surface area (Å²) in [5, 5.41) is 13.4. The molecular formula is C20H22N6O3. The molecule has 9 heteroatoms. The minimum Gasteiger partial charge on any atom is -0.366 e. The number of nitrogens with one attached hydrogen (secondary N) is 3. The lowest BCUT2D eigenvalue weighted by molar-refractivity contribution is -0.136. The number of amides is 3. The summed E-state index contributed by atoms with van der Waals surface area (Å²) in [5.41, 5.74) is 2.46. The van der Waals surface area contributed by atoms with Crippen molar-refractivity contribution in [2.24, 2.45) is 0 Å². The van der Waals surface area contributed by atoms with Gasteiger partial charge in [-0.3, -0.25) is 19.7 Å². The van der Waals surface area contributed by atoms with Crippen LogP contribution in [0.5, 0.6) is 0 Å². The first-order chi connectivity index (χ1) is 14.1. The maximum absolute atomic E-state index is 13.1. The third-order valence-corrected chi connectivity index (χ3v) is 5.87. The molecule has 3 aliphatic rings.